The fourth-order valence-corrected chi connectivity index (χ4v) is 3.58. The van der Waals surface area contributed by atoms with Gasteiger partial charge in [-0.3, -0.25) is 29.4 Å². The van der Waals surface area contributed by atoms with Crippen LogP contribution in [0.15, 0.2) is 18.2 Å². The summed E-state index contributed by atoms with van der Waals surface area (Å²) in [4.78, 5) is 49.6. The van der Waals surface area contributed by atoms with Gasteiger partial charge in [0.25, 0.3) is 11.8 Å². The second-order valence-corrected chi connectivity index (χ2v) is 7.19. The highest BCUT2D eigenvalue weighted by molar-refractivity contribution is 6.23. The molecule has 0 spiro atoms. The Balaban J connectivity index is 1.48. The van der Waals surface area contributed by atoms with E-state index in [0.29, 0.717) is 19.6 Å². The van der Waals surface area contributed by atoms with Crippen molar-refractivity contribution < 1.29 is 23.6 Å². The molecule has 27 heavy (non-hydrogen) atoms. The van der Waals surface area contributed by atoms with Crippen LogP contribution in [0.2, 0.25) is 0 Å². The quantitative estimate of drug-likeness (QED) is 0.599. The average Bonchev–Trinajstić information content (AvgIpc) is 2.85. The third-order valence-corrected chi connectivity index (χ3v) is 5.16. The van der Waals surface area contributed by atoms with Crippen LogP contribution >= 0.6 is 0 Å². The van der Waals surface area contributed by atoms with Crippen molar-refractivity contribution in [1.82, 2.24) is 20.9 Å². The number of piperidine rings is 1. The standard InChI is InChI=1S/C18H19FN4O4/c19-18(8-21-9-18)7-20-6-10-1-2-11-12(5-10)17(27)23(16(11)26)13-3-4-14(24)22-15(13)25/h1-2,5,13,20-21H,3-4,6-9H2,(H,22,24,25). The summed E-state index contributed by atoms with van der Waals surface area (Å²) >= 11 is 0. The number of amides is 4. The summed E-state index contributed by atoms with van der Waals surface area (Å²) in [5.41, 5.74) is -0.0377. The zero-order valence-electron chi connectivity index (χ0n) is 14.5. The largest absolute Gasteiger partial charge is 0.310 e. The van der Waals surface area contributed by atoms with E-state index in [1.807, 2.05) is 0 Å². The van der Waals surface area contributed by atoms with Crippen LogP contribution in [0.3, 0.4) is 0 Å². The van der Waals surface area contributed by atoms with Crippen LogP contribution in [0.5, 0.6) is 0 Å². The Labute approximate surface area is 154 Å². The maximum Gasteiger partial charge on any atom is 0.262 e. The second-order valence-electron chi connectivity index (χ2n) is 7.19. The molecule has 8 nitrogen and oxygen atoms in total. The maximum atomic E-state index is 14.0. The molecular weight excluding hydrogens is 355 g/mol. The van der Waals surface area contributed by atoms with E-state index >= 15 is 0 Å². The number of imide groups is 2. The Morgan fingerprint density at radius 3 is 2.56 bits per heavy atom. The summed E-state index contributed by atoms with van der Waals surface area (Å²) in [7, 11) is 0. The summed E-state index contributed by atoms with van der Waals surface area (Å²) in [6.45, 7) is 1.20. The third kappa shape index (κ3) is 3.13. The molecule has 1 unspecified atom stereocenters. The molecule has 1 aromatic rings. The number of nitrogens with zero attached hydrogens (tertiary/aromatic N) is 1. The van der Waals surface area contributed by atoms with Crippen molar-refractivity contribution in [1.29, 1.82) is 0 Å². The lowest BCUT2D eigenvalue weighted by Gasteiger charge is -2.35. The van der Waals surface area contributed by atoms with Crippen molar-refractivity contribution in [2.45, 2.75) is 31.1 Å². The summed E-state index contributed by atoms with van der Waals surface area (Å²) in [6.07, 6.45) is 0.204. The molecule has 0 saturated carbocycles. The van der Waals surface area contributed by atoms with E-state index in [-0.39, 0.29) is 30.5 Å². The van der Waals surface area contributed by atoms with Crippen LogP contribution in [-0.4, -0.2) is 59.9 Å². The first-order valence-electron chi connectivity index (χ1n) is 8.83. The molecule has 1 aromatic carbocycles. The fourth-order valence-electron chi connectivity index (χ4n) is 3.58. The van der Waals surface area contributed by atoms with Gasteiger partial charge in [0.15, 0.2) is 0 Å². The Morgan fingerprint density at radius 1 is 1.15 bits per heavy atom. The lowest BCUT2D eigenvalue weighted by atomic mass is 9.99. The van der Waals surface area contributed by atoms with Gasteiger partial charge in [-0.15, -0.1) is 0 Å². The monoisotopic (exact) mass is 374 g/mol. The van der Waals surface area contributed by atoms with Crippen LogP contribution in [0.1, 0.15) is 39.1 Å². The molecule has 4 rings (SSSR count). The van der Waals surface area contributed by atoms with E-state index in [1.54, 1.807) is 18.2 Å². The number of rotatable bonds is 5. The van der Waals surface area contributed by atoms with Gasteiger partial charge in [0.2, 0.25) is 11.8 Å². The number of carbonyl (C=O) groups is 4. The van der Waals surface area contributed by atoms with E-state index in [1.165, 1.54) is 0 Å². The molecule has 0 aliphatic carbocycles. The van der Waals surface area contributed by atoms with Gasteiger partial charge in [0.1, 0.15) is 11.7 Å². The molecule has 3 aliphatic rings. The average molecular weight is 374 g/mol. The number of benzene rings is 1. The molecule has 1 atom stereocenters. The van der Waals surface area contributed by atoms with E-state index in [0.717, 1.165) is 10.5 Å². The van der Waals surface area contributed by atoms with Gasteiger partial charge in [0, 0.05) is 32.6 Å². The van der Waals surface area contributed by atoms with Crippen LogP contribution in [0, 0.1) is 0 Å². The first kappa shape index (κ1) is 17.7. The number of hydrogen-bond acceptors (Lipinski definition) is 6. The molecule has 2 saturated heterocycles. The number of alkyl halides is 1. The second kappa shape index (κ2) is 6.50. The van der Waals surface area contributed by atoms with Crippen molar-refractivity contribution in [3.8, 4) is 0 Å². The van der Waals surface area contributed by atoms with Crippen molar-refractivity contribution >= 4 is 23.6 Å². The Morgan fingerprint density at radius 2 is 1.89 bits per heavy atom. The van der Waals surface area contributed by atoms with Crippen LogP contribution in [0.25, 0.3) is 0 Å². The van der Waals surface area contributed by atoms with Crippen molar-refractivity contribution in [2.24, 2.45) is 0 Å². The maximum absolute atomic E-state index is 14.0. The minimum absolute atomic E-state index is 0.0822. The van der Waals surface area contributed by atoms with Gasteiger partial charge in [-0.05, 0) is 24.1 Å². The minimum Gasteiger partial charge on any atom is -0.310 e. The number of carbonyl (C=O) groups excluding carboxylic acids is 4. The van der Waals surface area contributed by atoms with Crippen molar-refractivity contribution in [3.63, 3.8) is 0 Å². The van der Waals surface area contributed by atoms with Gasteiger partial charge in [-0.25, -0.2) is 4.39 Å². The van der Waals surface area contributed by atoms with Gasteiger partial charge in [-0.1, -0.05) is 6.07 Å². The highest BCUT2D eigenvalue weighted by atomic mass is 19.1. The molecule has 3 heterocycles. The first-order chi connectivity index (χ1) is 12.9. The fraction of sp³-hybridized carbons (Fsp3) is 0.444. The highest BCUT2D eigenvalue weighted by Gasteiger charge is 2.44. The summed E-state index contributed by atoms with van der Waals surface area (Å²) < 4.78 is 14.0. The molecular formula is C18H19FN4O4. The Kier molecular flexibility index (Phi) is 4.27. The number of hydrogen-bond donors (Lipinski definition) is 3. The van der Waals surface area contributed by atoms with Crippen LogP contribution in [0.4, 0.5) is 4.39 Å². The molecule has 4 amide bonds. The summed E-state index contributed by atoms with van der Waals surface area (Å²) in [6, 6.07) is 3.87. The van der Waals surface area contributed by atoms with E-state index in [4.69, 9.17) is 0 Å². The zero-order valence-corrected chi connectivity index (χ0v) is 14.5. The minimum atomic E-state index is -1.24. The van der Waals surface area contributed by atoms with E-state index in [2.05, 4.69) is 16.0 Å². The van der Waals surface area contributed by atoms with Crippen molar-refractivity contribution in [2.75, 3.05) is 19.6 Å². The Hall–Kier alpha value is -2.65. The summed E-state index contributed by atoms with van der Waals surface area (Å²) in [5.74, 6) is -2.12. The molecule has 9 heteroatoms. The molecule has 3 aliphatic heterocycles. The third-order valence-electron chi connectivity index (χ3n) is 5.16. The predicted molar refractivity (Wildman–Crippen MR) is 91.5 cm³/mol. The molecule has 3 N–H and O–H groups in total. The van der Waals surface area contributed by atoms with Gasteiger partial charge >= 0.3 is 0 Å². The predicted octanol–water partition coefficient (Wildman–Crippen LogP) is -0.511. The van der Waals surface area contributed by atoms with Crippen molar-refractivity contribution in [3.05, 3.63) is 34.9 Å². The molecule has 2 fully saturated rings. The number of fused-ring (bicyclic) bond motifs is 1. The van der Waals surface area contributed by atoms with Crippen LogP contribution < -0.4 is 16.0 Å². The van der Waals surface area contributed by atoms with Crippen LogP contribution in [-0.2, 0) is 16.1 Å². The number of nitrogens with one attached hydrogen (secondary N) is 3. The SMILES string of the molecule is O=C1CCC(N2C(=O)c3ccc(CNCC4(F)CNC4)cc3C2=O)C(=O)N1. The normalized spacial score (nSPS) is 23.9. The van der Waals surface area contributed by atoms with Gasteiger partial charge < -0.3 is 10.6 Å². The smallest absolute Gasteiger partial charge is 0.262 e. The lowest BCUT2D eigenvalue weighted by Crippen LogP contribution is -2.61. The Bertz CT molecular complexity index is 852. The molecule has 142 valence electrons. The highest BCUT2D eigenvalue weighted by Crippen LogP contribution is 2.28. The molecule has 0 bridgehead atoms. The van der Waals surface area contributed by atoms with Gasteiger partial charge in [-0.2, -0.15) is 0 Å². The zero-order chi connectivity index (χ0) is 19.2. The summed E-state index contributed by atoms with van der Waals surface area (Å²) in [5, 5.41) is 8.07. The molecule has 0 aromatic heterocycles. The topological polar surface area (TPSA) is 108 Å². The van der Waals surface area contributed by atoms with E-state index in [9.17, 15) is 23.6 Å². The lowest BCUT2D eigenvalue weighted by molar-refractivity contribution is -0.136. The molecule has 0 radical (unpaired) electrons. The number of halogens is 1. The van der Waals surface area contributed by atoms with Gasteiger partial charge in [0.05, 0.1) is 11.1 Å². The van der Waals surface area contributed by atoms with E-state index < -0.39 is 35.3 Å². The first-order valence-corrected chi connectivity index (χ1v) is 8.83.